The molecule has 11 aromatic carbocycles. The van der Waals surface area contributed by atoms with Crippen molar-refractivity contribution < 1.29 is 0 Å². The molecule has 0 saturated heterocycles. The van der Waals surface area contributed by atoms with Crippen LogP contribution in [0.5, 0.6) is 0 Å². The lowest BCUT2D eigenvalue weighted by Gasteiger charge is -2.46. The summed E-state index contributed by atoms with van der Waals surface area (Å²) >= 11 is 0. The lowest BCUT2D eigenvalue weighted by molar-refractivity contribution is 0.780. The van der Waals surface area contributed by atoms with Crippen molar-refractivity contribution in [3.05, 3.63) is 249 Å². The molecule has 422 valence electrons. The number of para-hydroxylation sites is 7. The number of hydrogen-bond donors (Lipinski definition) is 0. The Morgan fingerprint density at radius 2 is 0.621 bits per heavy atom. The minimum atomic E-state index is -0.0580. The molecule has 87 heavy (non-hydrogen) atoms. The number of fused-ring (bicyclic) bond motifs is 11. The first-order valence-electron chi connectivity index (χ1n) is 31.3. The van der Waals surface area contributed by atoms with Gasteiger partial charge in [-0.25, -0.2) is 0 Å². The van der Waals surface area contributed by atoms with Gasteiger partial charge in [0.2, 0.25) is 0 Å². The fourth-order valence-corrected chi connectivity index (χ4v) is 15.5. The molecule has 0 saturated carbocycles. The summed E-state index contributed by atoms with van der Waals surface area (Å²) in [6.45, 7) is 18.5. The average Bonchev–Trinajstić information content (AvgIpc) is 1.70. The molecule has 9 heteroatoms. The third kappa shape index (κ3) is 8.04. The summed E-state index contributed by atoms with van der Waals surface area (Å²) in [6.07, 6.45) is 0. The van der Waals surface area contributed by atoms with Crippen molar-refractivity contribution in [1.82, 2.24) is 4.57 Å². The fraction of sp³-hybridized carbons (Fsp3) is 0.154. The second-order valence-corrected chi connectivity index (χ2v) is 25.2. The van der Waals surface area contributed by atoms with Crippen LogP contribution in [0.2, 0.25) is 0 Å². The standard InChI is InChI=1S/C78H69B2N7/c1-50(2)81(54-28-14-9-15-29-54)59-42-73-77-75(44-59)86(57-34-20-12-21-35-57)71-48-69-61(46-65(71)79(77)63-38-24-26-40-67(63)83(73)52(5)6)62-47-66-72(49-70(62)85(69)56-32-18-11-19-33-56)87(58-36-22-13-23-37-58)76-45-60(82(51(3)4)55-30-16-10-17-31-55)43-74-78(76)80(66)64-39-25-27-41-68(64)84(74)53(7)8/h9-53H,1-8H3. The summed E-state index contributed by atoms with van der Waals surface area (Å²) in [5.41, 5.74) is 28.1. The molecule has 12 aromatic rings. The molecule has 0 fully saturated rings. The number of rotatable bonds is 11. The van der Waals surface area contributed by atoms with Gasteiger partial charge in [0.15, 0.2) is 0 Å². The van der Waals surface area contributed by atoms with Crippen molar-refractivity contribution in [2.45, 2.75) is 79.6 Å². The van der Waals surface area contributed by atoms with Gasteiger partial charge in [0, 0.05) is 120 Å². The molecule has 7 nitrogen and oxygen atoms in total. The van der Waals surface area contributed by atoms with Crippen LogP contribution in [0, 0.1) is 0 Å². The third-order valence-electron chi connectivity index (χ3n) is 18.7. The highest BCUT2D eigenvalue weighted by molar-refractivity contribution is 7.01. The van der Waals surface area contributed by atoms with Crippen LogP contribution in [0.3, 0.4) is 0 Å². The van der Waals surface area contributed by atoms with E-state index in [1.165, 1.54) is 112 Å². The molecule has 4 aliphatic heterocycles. The van der Waals surface area contributed by atoms with Crippen LogP contribution in [0.1, 0.15) is 55.4 Å². The van der Waals surface area contributed by atoms with Crippen molar-refractivity contribution in [2.24, 2.45) is 0 Å². The summed E-state index contributed by atoms with van der Waals surface area (Å²) in [5.74, 6) is 0. The van der Waals surface area contributed by atoms with Gasteiger partial charge in [0.05, 0.1) is 11.0 Å². The zero-order valence-electron chi connectivity index (χ0n) is 50.8. The first-order chi connectivity index (χ1) is 42.5. The average molecular weight is 1130 g/mol. The van der Waals surface area contributed by atoms with E-state index in [9.17, 15) is 0 Å². The normalized spacial score (nSPS) is 13.6. The van der Waals surface area contributed by atoms with Gasteiger partial charge in [-0.3, -0.25) is 0 Å². The van der Waals surface area contributed by atoms with Gasteiger partial charge >= 0.3 is 0 Å². The molecule has 0 unspecified atom stereocenters. The van der Waals surface area contributed by atoms with Crippen molar-refractivity contribution >= 4 is 148 Å². The van der Waals surface area contributed by atoms with Gasteiger partial charge in [-0.2, -0.15) is 0 Å². The number of benzene rings is 11. The minimum Gasteiger partial charge on any atom is -0.340 e. The molecule has 0 N–H and O–H groups in total. The number of hydrogen-bond acceptors (Lipinski definition) is 6. The molecule has 16 rings (SSSR count). The summed E-state index contributed by atoms with van der Waals surface area (Å²) in [5, 5.41) is 2.47. The summed E-state index contributed by atoms with van der Waals surface area (Å²) in [7, 11) is 0. The molecule has 5 heterocycles. The SMILES string of the molecule is CC(C)N(c1ccccc1)c1cc2c3c(c1)N(C(C)C)c1ccccc1B3c1cc3c4cc5c(cc4n(-c4ccccc4)c3cc1N2c1ccccc1)N(c1ccccc1)c1cc(N(c2ccccc2)C(C)C)cc2c1B5c1ccccc1N2C(C)C. The van der Waals surface area contributed by atoms with Crippen LogP contribution in [-0.2, 0) is 0 Å². The number of nitrogens with zero attached hydrogens (tertiary/aromatic N) is 7. The highest BCUT2D eigenvalue weighted by Crippen LogP contribution is 2.50. The molecule has 0 bridgehead atoms. The van der Waals surface area contributed by atoms with E-state index >= 15 is 0 Å². The van der Waals surface area contributed by atoms with Gasteiger partial charge in [-0.05, 0) is 197 Å². The first-order valence-corrected chi connectivity index (χ1v) is 31.3. The van der Waals surface area contributed by atoms with E-state index in [2.05, 4.69) is 338 Å². The highest BCUT2D eigenvalue weighted by atomic mass is 15.2. The second-order valence-electron chi connectivity index (χ2n) is 25.2. The van der Waals surface area contributed by atoms with E-state index in [-0.39, 0.29) is 37.6 Å². The molecule has 0 atom stereocenters. The molecule has 0 amide bonds. The van der Waals surface area contributed by atoms with Gasteiger partial charge < -0.3 is 34.0 Å². The molecular formula is C78H69B2N7. The quantitative estimate of drug-likeness (QED) is 0.120. The Hall–Kier alpha value is -9.85. The smallest absolute Gasteiger partial charge is 0.252 e. The molecule has 1 aromatic heterocycles. The van der Waals surface area contributed by atoms with Crippen LogP contribution < -0.4 is 62.2 Å². The Kier molecular flexibility index (Phi) is 12.4. The van der Waals surface area contributed by atoms with Crippen molar-refractivity contribution in [3.63, 3.8) is 0 Å². The van der Waals surface area contributed by atoms with Crippen molar-refractivity contribution in [1.29, 1.82) is 0 Å². The maximum absolute atomic E-state index is 2.61. The monoisotopic (exact) mass is 1130 g/mol. The predicted octanol–water partition coefficient (Wildman–Crippen LogP) is 16.2. The highest BCUT2D eigenvalue weighted by Gasteiger charge is 2.47. The topological polar surface area (TPSA) is 24.4 Å². The van der Waals surface area contributed by atoms with Gasteiger partial charge in [-0.15, -0.1) is 0 Å². The van der Waals surface area contributed by atoms with Crippen LogP contribution >= 0.6 is 0 Å². The van der Waals surface area contributed by atoms with Gasteiger partial charge in [-0.1, -0.05) is 140 Å². The second kappa shape index (κ2) is 20.4. The number of anilines is 14. The van der Waals surface area contributed by atoms with E-state index in [0.29, 0.717) is 0 Å². The summed E-state index contributed by atoms with van der Waals surface area (Å²) < 4.78 is 2.56. The Labute approximate surface area is 512 Å². The Balaban J connectivity index is 1.02. The Bertz CT molecular complexity index is 4370. The largest absolute Gasteiger partial charge is 0.340 e. The predicted molar refractivity (Wildman–Crippen MR) is 374 cm³/mol. The Morgan fingerprint density at radius 1 is 0.287 bits per heavy atom. The lowest BCUT2D eigenvalue weighted by atomic mass is 9.33. The zero-order chi connectivity index (χ0) is 58.9. The van der Waals surface area contributed by atoms with Crippen LogP contribution in [0.4, 0.5) is 79.6 Å². The maximum Gasteiger partial charge on any atom is 0.252 e. The molecule has 0 spiro atoms. The Morgan fingerprint density at radius 3 is 0.989 bits per heavy atom. The first kappa shape index (κ1) is 52.7. The minimum absolute atomic E-state index is 0.0580. The fourth-order valence-electron chi connectivity index (χ4n) is 15.5. The third-order valence-corrected chi connectivity index (χ3v) is 18.7. The lowest BCUT2D eigenvalue weighted by Crippen LogP contribution is -2.62. The molecule has 4 aliphatic rings. The zero-order valence-corrected chi connectivity index (χ0v) is 50.8. The van der Waals surface area contributed by atoms with Crippen LogP contribution in [-0.4, -0.2) is 42.2 Å². The molecule has 0 aliphatic carbocycles. The van der Waals surface area contributed by atoms with E-state index < -0.39 is 0 Å². The van der Waals surface area contributed by atoms with Gasteiger partial charge in [0.25, 0.3) is 13.4 Å². The summed E-state index contributed by atoms with van der Waals surface area (Å²) in [4.78, 5) is 15.4. The van der Waals surface area contributed by atoms with Crippen molar-refractivity contribution in [3.8, 4) is 5.69 Å². The van der Waals surface area contributed by atoms with Gasteiger partial charge in [0.1, 0.15) is 0 Å². The maximum atomic E-state index is 2.61. The summed E-state index contributed by atoms with van der Waals surface area (Å²) in [6, 6.07) is 94.6. The molecule has 0 radical (unpaired) electrons. The van der Waals surface area contributed by atoms with E-state index in [1.807, 2.05) is 0 Å². The van der Waals surface area contributed by atoms with Crippen LogP contribution in [0.25, 0.3) is 27.5 Å². The molecular weight excluding hydrogens is 1060 g/mol. The van der Waals surface area contributed by atoms with Crippen LogP contribution in [0.15, 0.2) is 249 Å². The number of aromatic nitrogens is 1. The van der Waals surface area contributed by atoms with Crippen molar-refractivity contribution in [2.75, 3.05) is 29.4 Å². The van der Waals surface area contributed by atoms with E-state index in [0.717, 1.165) is 28.1 Å². The van der Waals surface area contributed by atoms with E-state index in [4.69, 9.17) is 0 Å². The van der Waals surface area contributed by atoms with E-state index in [1.54, 1.807) is 0 Å².